The number of hydrogen-bond donors (Lipinski definition) is 1. The van der Waals surface area contributed by atoms with Crippen LogP contribution >= 0.6 is 43.2 Å². The maximum atomic E-state index is 4.33. The van der Waals surface area contributed by atoms with Crippen molar-refractivity contribution in [1.29, 1.82) is 0 Å². The van der Waals surface area contributed by atoms with Crippen LogP contribution in [0.3, 0.4) is 0 Å². The Balaban J connectivity index is 2.25. The van der Waals surface area contributed by atoms with E-state index in [0.29, 0.717) is 0 Å². The summed E-state index contributed by atoms with van der Waals surface area (Å²) < 4.78 is 2.21. The van der Waals surface area contributed by atoms with Crippen molar-refractivity contribution in [3.05, 3.63) is 49.3 Å². The first-order valence-electron chi connectivity index (χ1n) is 5.21. The fourth-order valence-electron chi connectivity index (χ4n) is 1.68. The number of thiazole rings is 1. The molecule has 90 valence electrons. The van der Waals surface area contributed by atoms with Gasteiger partial charge in [-0.1, -0.05) is 31.9 Å². The molecule has 0 saturated heterocycles. The highest BCUT2D eigenvalue weighted by Gasteiger charge is 2.14. The summed E-state index contributed by atoms with van der Waals surface area (Å²) in [4.78, 5) is 4.33. The number of aromatic nitrogens is 1. The van der Waals surface area contributed by atoms with Crippen molar-refractivity contribution >= 4 is 43.2 Å². The maximum absolute atomic E-state index is 4.33. The van der Waals surface area contributed by atoms with Crippen LogP contribution < -0.4 is 5.32 Å². The Kier molecular flexibility index (Phi) is 4.73. The highest BCUT2D eigenvalue weighted by molar-refractivity contribution is 9.11. The quantitative estimate of drug-likeness (QED) is 0.867. The lowest BCUT2D eigenvalue weighted by Gasteiger charge is -2.17. The van der Waals surface area contributed by atoms with E-state index in [1.807, 2.05) is 24.7 Å². The minimum absolute atomic E-state index is 0.271. The molecule has 1 aromatic heterocycles. The van der Waals surface area contributed by atoms with Crippen LogP contribution in [-0.2, 0) is 6.42 Å². The van der Waals surface area contributed by atoms with Gasteiger partial charge in [0.15, 0.2) is 0 Å². The summed E-state index contributed by atoms with van der Waals surface area (Å²) in [5.74, 6) is 0. The molecule has 2 aromatic rings. The summed E-state index contributed by atoms with van der Waals surface area (Å²) in [6, 6.07) is 6.50. The van der Waals surface area contributed by atoms with Crippen LogP contribution in [0.5, 0.6) is 0 Å². The third-order valence-corrected chi connectivity index (χ3v) is 4.56. The van der Waals surface area contributed by atoms with Gasteiger partial charge in [0.05, 0.1) is 5.01 Å². The monoisotopic (exact) mass is 374 g/mol. The third-order valence-electron chi connectivity index (χ3n) is 2.54. The van der Waals surface area contributed by atoms with Crippen molar-refractivity contribution < 1.29 is 0 Å². The lowest BCUT2D eigenvalue weighted by molar-refractivity contribution is 0.588. The van der Waals surface area contributed by atoms with E-state index in [0.717, 1.165) is 20.4 Å². The normalized spacial score (nSPS) is 12.6. The summed E-state index contributed by atoms with van der Waals surface area (Å²) in [7, 11) is 1.98. The molecule has 5 heteroatoms. The molecule has 1 atom stereocenters. The van der Waals surface area contributed by atoms with Crippen molar-refractivity contribution in [2.24, 2.45) is 0 Å². The minimum atomic E-state index is 0.271. The molecule has 0 amide bonds. The van der Waals surface area contributed by atoms with Gasteiger partial charge in [0.2, 0.25) is 0 Å². The van der Waals surface area contributed by atoms with Crippen LogP contribution in [0.1, 0.15) is 16.6 Å². The molecule has 2 nitrogen and oxygen atoms in total. The molecule has 1 aromatic carbocycles. The molecule has 0 radical (unpaired) electrons. The Morgan fingerprint density at radius 2 is 2.24 bits per heavy atom. The van der Waals surface area contributed by atoms with E-state index in [2.05, 4.69) is 54.3 Å². The summed E-state index contributed by atoms with van der Waals surface area (Å²) >= 11 is 8.80. The van der Waals surface area contributed by atoms with E-state index < -0.39 is 0 Å². The average molecular weight is 376 g/mol. The average Bonchev–Trinajstić information content (AvgIpc) is 2.82. The molecular weight excluding hydrogens is 364 g/mol. The summed E-state index contributed by atoms with van der Waals surface area (Å²) in [6.45, 7) is 0. The fourth-order valence-corrected chi connectivity index (χ4v) is 3.24. The molecule has 0 aliphatic carbocycles. The topological polar surface area (TPSA) is 24.9 Å². The number of hydrogen-bond acceptors (Lipinski definition) is 3. The lowest BCUT2D eigenvalue weighted by Crippen LogP contribution is -2.19. The standard InChI is InChI=1S/C12H12Br2N2S/c1-15-11(7-12-16-4-5-17-12)9-6-8(13)2-3-10(9)14/h2-6,11,15H,7H2,1H3. The zero-order chi connectivity index (χ0) is 12.3. The molecule has 0 saturated carbocycles. The molecule has 0 bridgehead atoms. The van der Waals surface area contributed by atoms with Crippen molar-refractivity contribution in [3.63, 3.8) is 0 Å². The zero-order valence-corrected chi connectivity index (χ0v) is 13.3. The maximum Gasteiger partial charge on any atom is 0.0943 e. The first-order valence-corrected chi connectivity index (χ1v) is 7.68. The largest absolute Gasteiger partial charge is 0.313 e. The van der Waals surface area contributed by atoms with E-state index in [1.165, 1.54) is 5.56 Å². The van der Waals surface area contributed by atoms with Gasteiger partial charge >= 0.3 is 0 Å². The van der Waals surface area contributed by atoms with Gasteiger partial charge in [-0.15, -0.1) is 11.3 Å². The number of likely N-dealkylation sites (N-methyl/N-ethyl adjacent to an activating group) is 1. The van der Waals surface area contributed by atoms with Gasteiger partial charge in [0.25, 0.3) is 0 Å². The summed E-state index contributed by atoms with van der Waals surface area (Å²) in [5, 5.41) is 6.50. The van der Waals surface area contributed by atoms with E-state index in [1.54, 1.807) is 11.3 Å². The number of halogens is 2. The van der Waals surface area contributed by atoms with Gasteiger partial charge < -0.3 is 5.32 Å². The molecule has 0 fully saturated rings. The van der Waals surface area contributed by atoms with Crippen molar-refractivity contribution in [1.82, 2.24) is 10.3 Å². The Morgan fingerprint density at radius 3 is 2.88 bits per heavy atom. The van der Waals surface area contributed by atoms with Gasteiger partial charge in [0, 0.05) is 33.0 Å². The highest BCUT2D eigenvalue weighted by atomic mass is 79.9. The molecule has 1 heterocycles. The lowest BCUT2D eigenvalue weighted by atomic mass is 10.0. The molecule has 0 spiro atoms. The van der Waals surface area contributed by atoms with Crippen molar-refractivity contribution in [2.75, 3.05) is 7.05 Å². The number of nitrogens with one attached hydrogen (secondary N) is 1. The number of benzene rings is 1. The second-order valence-electron chi connectivity index (χ2n) is 3.64. The predicted octanol–water partition coefficient (Wildman–Crippen LogP) is 4.17. The van der Waals surface area contributed by atoms with Crippen molar-refractivity contribution in [3.8, 4) is 0 Å². The Bertz CT molecular complexity index is 485. The smallest absolute Gasteiger partial charge is 0.0943 e. The van der Waals surface area contributed by atoms with Crippen LogP contribution in [0, 0.1) is 0 Å². The third kappa shape index (κ3) is 3.37. The van der Waals surface area contributed by atoms with E-state index in [-0.39, 0.29) is 6.04 Å². The molecule has 17 heavy (non-hydrogen) atoms. The van der Waals surface area contributed by atoms with Crippen LogP contribution in [-0.4, -0.2) is 12.0 Å². The van der Waals surface area contributed by atoms with Gasteiger partial charge in [-0.3, -0.25) is 0 Å². The Morgan fingerprint density at radius 1 is 1.41 bits per heavy atom. The molecule has 1 N–H and O–H groups in total. The van der Waals surface area contributed by atoms with E-state index in [4.69, 9.17) is 0 Å². The summed E-state index contributed by atoms with van der Waals surface area (Å²) in [6.07, 6.45) is 2.76. The molecule has 1 unspecified atom stereocenters. The van der Waals surface area contributed by atoms with Crippen LogP contribution in [0.2, 0.25) is 0 Å². The summed E-state index contributed by atoms with van der Waals surface area (Å²) in [5.41, 5.74) is 1.25. The van der Waals surface area contributed by atoms with Gasteiger partial charge in [0.1, 0.15) is 0 Å². The van der Waals surface area contributed by atoms with Crippen LogP contribution in [0.25, 0.3) is 0 Å². The van der Waals surface area contributed by atoms with Gasteiger partial charge in [-0.25, -0.2) is 4.98 Å². The molecule has 0 aliphatic heterocycles. The molecule has 0 aliphatic rings. The van der Waals surface area contributed by atoms with Gasteiger partial charge in [-0.05, 0) is 30.8 Å². The Labute approximate surface area is 122 Å². The Hall–Kier alpha value is -0.230. The second-order valence-corrected chi connectivity index (χ2v) is 6.39. The fraction of sp³-hybridized carbons (Fsp3) is 0.250. The second kappa shape index (κ2) is 6.09. The number of nitrogens with zero attached hydrogens (tertiary/aromatic N) is 1. The van der Waals surface area contributed by atoms with Crippen LogP contribution in [0.15, 0.2) is 38.7 Å². The first kappa shape index (κ1) is 13.2. The number of rotatable bonds is 4. The van der Waals surface area contributed by atoms with E-state index in [9.17, 15) is 0 Å². The first-order chi connectivity index (χ1) is 8.20. The minimum Gasteiger partial charge on any atom is -0.313 e. The van der Waals surface area contributed by atoms with Gasteiger partial charge in [-0.2, -0.15) is 0 Å². The zero-order valence-electron chi connectivity index (χ0n) is 9.28. The van der Waals surface area contributed by atoms with E-state index >= 15 is 0 Å². The highest BCUT2D eigenvalue weighted by Crippen LogP contribution is 2.29. The van der Waals surface area contributed by atoms with Crippen molar-refractivity contribution in [2.45, 2.75) is 12.5 Å². The van der Waals surface area contributed by atoms with Crippen LogP contribution in [0.4, 0.5) is 0 Å². The molecule has 2 rings (SSSR count). The SMILES string of the molecule is CNC(Cc1nccs1)c1cc(Br)ccc1Br. The predicted molar refractivity (Wildman–Crippen MR) is 79.5 cm³/mol. The molecular formula is C12H12Br2N2S.